The van der Waals surface area contributed by atoms with Crippen molar-refractivity contribution in [1.29, 1.82) is 0 Å². The van der Waals surface area contributed by atoms with Crippen LogP contribution >= 0.6 is 33.9 Å². The van der Waals surface area contributed by atoms with Gasteiger partial charge in [-0.1, -0.05) is 5.92 Å². The Bertz CT molecular complexity index is 428. The van der Waals surface area contributed by atoms with E-state index < -0.39 is 0 Å². The van der Waals surface area contributed by atoms with Crippen molar-refractivity contribution in [3.63, 3.8) is 0 Å². The molecule has 0 spiro atoms. The van der Waals surface area contributed by atoms with Crippen LogP contribution in [-0.4, -0.2) is 5.54 Å². The molecular formula is C13H16INS. The highest BCUT2D eigenvalue weighted by Gasteiger charge is 2.26. The molecule has 0 saturated heterocycles. The summed E-state index contributed by atoms with van der Waals surface area (Å²) < 4.78 is 1.38. The molecule has 3 heteroatoms. The zero-order chi connectivity index (χ0) is 11.8. The molecule has 1 aliphatic rings. The first-order valence-corrected chi connectivity index (χ1v) is 7.45. The molecule has 1 unspecified atom stereocenters. The van der Waals surface area contributed by atoms with E-state index in [2.05, 4.69) is 53.7 Å². The topological polar surface area (TPSA) is 12.0 Å². The third-order valence-electron chi connectivity index (χ3n) is 2.98. The quantitative estimate of drug-likeness (QED) is 0.636. The van der Waals surface area contributed by atoms with Gasteiger partial charge in [-0.3, -0.25) is 5.32 Å². The fraction of sp³-hybridized carbons (Fsp3) is 0.538. The average Bonchev–Trinajstić information content (AvgIpc) is 2.59. The van der Waals surface area contributed by atoms with Gasteiger partial charge < -0.3 is 0 Å². The van der Waals surface area contributed by atoms with Crippen LogP contribution in [0.5, 0.6) is 0 Å². The molecule has 1 N–H and O–H groups in total. The minimum Gasteiger partial charge on any atom is -0.295 e. The van der Waals surface area contributed by atoms with E-state index in [0.717, 1.165) is 0 Å². The molecule has 1 aromatic rings. The summed E-state index contributed by atoms with van der Waals surface area (Å²) in [6, 6.07) is 2.75. The first-order valence-electron chi connectivity index (χ1n) is 5.55. The lowest BCUT2D eigenvalue weighted by atomic mass is 9.91. The predicted molar refractivity (Wildman–Crippen MR) is 78.8 cm³/mol. The van der Waals surface area contributed by atoms with Gasteiger partial charge in [-0.2, -0.15) is 0 Å². The number of terminal acetylenes is 1. The molecule has 0 aliphatic heterocycles. The number of nitrogens with one attached hydrogen (secondary N) is 1. The molecule has 0 amide bonds. The van der Waals surface area contributed by atoms with Gasteiger partial charge in [0.05, 0.1) is 8.42 Å². The second-order valence-corrected chi connectivity index (χ2v) is 7.82. The zero-order valence-electron chi connectivity index (χ0n) is 9.64. The number of hydrogen-bond acceptors (Lipinski definition) is 2. The highest BCUT2D eigenvalue weighted by Crippen LogP contribution is 2.37. The van der Waals surface area contributed by atoms with Gasteiger partial charge >= 0.3 is 0 Å². The van der Waals surface area contributed by atoms with Crippen molar-refractivity contribution in [3.8, 4) is 12.3 Å². The number of hydrogen-bond donors (Lipinski definition) is 1. The smallest absolute Gasteiger partial charge is 0.0746 e. The van der Waals surface area contributed by atoms with E-state index in [0.29, 0.717) is 6.04 Å². The van der Waals surface area contributed by atoms with Crippen LogP contribution in [0.3, 0.4) is 0 Å². The van der Waals surface area contributed by atoms with Gasteiger partial charge in [0.15, 0.2) is 0 Å². The van der Waals surface area contributed by atoms with Gasteiger partial charge in [-0.25, -0.2) is 0 Å². The lowest BCUT2D eigenvalue weighted by Gasteiger charge is -2.30. The maximum absolute atomic E-state index is 5.54. The third kappa shape index (κ3) is 2.61. The minimum absolute atomic E-state index is 0.216. The van der Waals surface area contributed by atoms with Gasteiger partial charge in [-0.05, 0) is 67.3 Å². The van der Waals surface area contributed by atoms with Gasteiger partial charge in [0.1, 0.15) is 0 Å². The summed E-state index contributed by atoms with van der Waals surface area (Å²) >= 11 is 4.33. The summed E-state index contributed by atoms with van der Waals surface area (Å²) in [5, 5.41) is 3.58. The highest BCUT2D eigenvalue weighted by atomic mass is 127. The molecule has 16 heavy (non-hydrogen) atoms. The van der Waals surface area contributed by atoms with Crippen LogP contribution in [0, 0.1) is 15.2 Å². The van der Waals surface area contributed by atoms with E-state index >= 15 is 0 Å². The van der Waals surface area contributed by atoms with Gasteiger partial charge in [0, 0.05) is 10.9 Å². The molecule has 1 heterocycles. The molecule has 86 valence electrons. The Morgan fingerprint density at radius 1 is 1.62 bits per heavy atom. The summed E-state index contributed by atoms with van der Waals surface area (Å²) in [7, 11) is 0. The summed E-state index contributed by atoms with van der Waals surface area (Å²) in [6.45, 7) is 4.14. The van der Waals surface area contributed by atoms with Crippen molar-refractivity contribution in [2.45, 2.75) is 44.7 Å². The number of halogens is 1. The van der Waals surface area contributed by atoms with Gasteiger partial charge in [0.25, 0.3) is 0 Å². The fourth-order valence-electron chi connectivity index (χ4n) is 2.15. The summed E-state index contributed by atoms with van der Waals surface area (Å²) in [6.07, 6.45) is 9.24. The largest absolute Gasteiger partial charge is 0.295 e. The molecule has 1 atom stereocenters. The van der Waals surface area contributed by atoms with Gasteiger partial charge in [0.2, 0.25) is 0 Å². The molecule has 0 radical (unpaired) electrons. The predicted octanol–water partition coefficient (Wildman–Crippen LogP) is 3.73. The number of fused-ring (bicyclic) bond motifs is 1. The van der Waals surface area contributed by atoms with Crippen molar-refractivity contribution in [3.05, 3.63) is 19.4 Å². The van der Waals surface area contributed by atoms with Crippen LogP contribution in [0.4, 0.5) is 0 Å². The van der Waals surface area contributed by atoms with Crippen LogP contribution in [0.1, 0.15) is 43.2 Å². The SMILES string of the molecule is C#CC(C)(C)NC1CCCc2sc(I)cc21. The van der Waals surface area contributed by atoms with Crippen molar-refractivity contribution >= 4 is 33.9 Å². The maximum Gasteiger partial charge on any atom is 0.0746 e. The Kier molecular flexibility index (Phi) is 3.62. The number of rotatable bonds is 2. The van der Waals surface area contributed by atoms with Crippen LogP contribution in [-0.2, 0) is 6.42 Å². The Morgan fingerprint density at radius 3 is 3.06 bits per heavy atom. The monoisotopic (exact) mass is 345 g/mol. The van der Waals surface area contributed by atoms with E-state index in [1.807, 2.05) is 11.3 Å². The molecule has 0 saturated carbocycles. The Hall–Kier alpha value is -0.0500. The third-order valence-corrected chi connectivity index (χ3v) is 4.95. The normalized spacial score (nSPS) is 20.2. The molecule has 0 fully saturated rings. The van der Waals surface area contributed by atoms with Gasteiger partial charge in [-0.15, -0.1) is 17.8 Å². The molecule has 2 rings (SSSR count). The van der Waals surface area contributed by atoms with E-state index in [1.165, 1.54) is 27.7 Å². The average molecular weight is 345 g/mol. The Labute approximate surface area is 115 Å². The molecule has 0 aromatic carbocycles. The number of aryl methyl sites for hydroxylation is 1. The summed E-state index contributed by atoms with van der Waals surface area (Å²) in [4.78, 5) is 1.54. The highest BCUT2D eigenvalue weighted by molar-refractivity contribution is 14.1. The van der Waals surface area contributed by atoms with Crippen molar-refractivity contribution in [2.75, 3.05) is 0 Å². The summed E-state index contributed by atoms with van der Waals surface area (Å²) in [5.41, 5.74) is 1.26. The number of thiophene rings is 1. The zero-order valence-corrected chi connectivity index (χ0v) is 12.6. The lowest BCUT2D eigenvalue weighted by molar-refractivity contribution is 0.377. The van der Waals surface area contributed by atoms with Crippen molar-refractivity contribution in [2.24, 2.45) is 0 Å². The van der Waals surface area contributed by atoms with E-state index in [1.54, 1.807) is 4.88 Å². The van der Waals surface area contributed by atoms with Crippen molar-refractivity contribution < 1.29 is 0 Å². The fourth-order valence-corrected chi connectivity index (χ4v) is 4.27. The van der Waals surface area contributed by atoms with Crippen LogP contribution in [0.2, 0.25) is 0 Å². The van der Waals surface area contributed by atoms with E-state index in [9.17, 15) is 0 Å². The van der Waals surface area contributed by atoms with E-state index in [-0.39, 0.29) is 5.54 Å². The van der Waals surface area contributed by atoms with Crippen LogP contribution in [0.25, 0.3) is 0 Å². The lowest BCUT2D eigenvalue weighted by Crippen LogP contribution is -2.41. The standard InChI is InChI=1S/C13H16INS/c1-4-13(2,3)15-10-6-5-7-11-9(10)8-12(14)16-11/h1,8,10,15H,5-7H2,2-3H3. The second-order valence-electron chi connectivity index (χ2n) is 4.79. The first-order chi connectivity index (χ1) is 7.52. The minimum atomic E-state index is -0.216. The Balaban J connectivity index is 2.23. The first kappa shape index (κ1) is 12.4. The van der Waals surface area contributed by atoms with Crippen LogP contribution < -0.4 is 5.32 Å². The van der Waals surface area contributed by atoms with E-state index in [4.69, 9.17) is 6.42 Å². The molecular weight excluding hydrogens is 329 g/mol. The molecule has 1 aromatic heterocycles. The van der Waals surface area contributed by atoms with Crippen molar-refractivity contribution in [1.82, 2.24) is 5.32 Å². The summed E-state index contributed by atoms with van der Waals surface area (Å²) in [5.74, 6) is 2.82. The Morgan fingerprint density at radius 2 is 2.38 bits per heavy atom. The molecule has 1 aliphatic carbocycles. The maximum atomic E-state index is 5.54. The van der Waals surface area contributed by atoms with Crippen LogP contribution in [0.15, 0.2) is 6.07 Å². The molecule has 0 bridgehead atoms. The second kappa shape index (κ2) is 4.67. The molecule has 1 nitrogen and oxygen atoms in total.